The van der Waals surface area contributed by atoms with Crippen molar-refractivity contribution in [1.82, 2.24) is 13.7 Å². The van der Waals surface area contributed by atoms with Gasteiger partial charge in [0.2, 0.25) is 0 Å². The summed E-state index contributed by atoms with van der Waals surface area (Å²) in [5.74, 6) is 0.0472. The van der Waals surface area contributed by atoms with Crippen LogP contribution in [0.4, 0.5) is 5.82 Å². The Morgan fingerprint density at radius 3 is 3.11 bits per heavy atom. The Morgan fingerprint density at radius 2 is 2.37 bits per heavy atom. The lowest BCUT2D eigenvalue weighted by molar-refractivity contribution is 0.0101. The minimum atomic E-state index is -3.64. The van der Waals surface area contributed by atoms with E-state index in [1.165, 1.54) is 20.0 Å². The highest BCUT2D eigenvalue weighted by Gasteiger charge is 2.33. The molecular formula is C10H14N4O3S2. The highest BCUT2D eigenvalue weighted by atomic mass is 32.2. The molecule has 104 valence electrons. The van der Waals surface area contributed by atoms with Gasteiger partial charge in [0.1, 0.15) is 0 Å². The topological polar surface area (TPSA) is 89.9 Å². The molecule has 1 aliphatic heterocycles. The minimum Gasteiger partial charge on any atom is -0.381 e. The lowest BCUT2D eigenvalue weighted by Crippen LogP contribution is -2.44. The lowest BCUT2D eigenvalue weighted by atomic mass is 10.3. The van der Waals surface area contributed by atoms with E-state index >= 15 is 0 Å². The molecule has 1 atom stereocenters. The predicted molar refractivity (Wildman–Crippen MR) is 71.7 cm³/mol. The van der Waals surface area contributed by atoms with E-state index in [2.05, 4.69) is 4.98 Å². The molecule has 0 aliphatic carbocycles. The molecule has 1 aliphatic rings. The molecule has 2 aromatic rings. The number of thiazole rings is 1. The third-order valence-electron chi connectivity index (χ3n) is 3.03. The van der Waals surface area contributed by atoms with Crippen LogP contribution in [0.1, 0.15) is 6.92 Å². The van der Waals surface area contributed by atoms with E-state index in [4.69, 9.17) is 10.5 Å². The fourth-order valence-corrected chi connectivity index (χ4v) is 4.62. The van der Waals surface area contributed by atoms with Gasteiger partial charge in [-0.2, -0.15) is 4.31 Å². The number of aromatic nitrogens is 2. The molecule has 2 N–H and O–H groups in total. The second kappa shape index (κ2) is 4.44. The highest BCUT2D eigenvalue weighted by Crippen LogP contribution is 2.27. The number of hydrogen-bond acceptors (Lipinski definition) is 6. The Labute approximate surface area is 114 Å². The highest BCUT2D eigenvalue weighted by molar-refractivity contribution is 7.89. The van der Waals surface area contributed by atoms with E-state index in [9.17, 15) is 8.42 Å². The molecule has 0 spiro atoms. The molecule has 3 heterocycles. The quantitative estimate of drug-likeness (QED) is 0.866. The molecular weight excluding hydrogens is 288 g/mol. The van der Waals surface area contributed by atoms with Gasteiger partial charge in [0.05, 0.1) is 12.7 Å². The average molecular weight is 302 g/mol. The predicted octanol–water partition coefficient (Wildman–Crippen LogP) is 0.387. The van der Waals surface area contributed by atoms with Gasteiger partial charge in [0.15, 0.2) is 15.8 Å². The Hall–Kier alpha value is -1.16. The van der Waals surface area contributed by atoms with Crippen molar-refractivity contribution in [1.29, 1.82) is 0 Å². The summed E-state index contributed by atoms with van der Waals surface area (Å²) in [5, 5.41) is 1.83. The number of hydrogen-bond donors (Lipinski definition) is 1. The first kappa shape index (κ1) is 12.9. The maximum Gasteiger partial charge on any atom is 0.263 e. The minimum absolute atomic E-state index is 0.0472. The van der Waals surface area contributed by atoms with Crippen LogP contribution in [0, 0.1) is 0 Å². The smallest absolute Gasteiger partial charge is 0.263 e. The summed E-state index contributed by atoms with van der Waals surface area (Å²) >= 11 is 1.35. The van der Waals surface area contributed by atoms with Crippen molar-refractivity contribution >= 4 is 32.1 Å². The van der Waals surface area contributed by atoms with E-state index in [0.29, 0.717) is 24.7 Å². The SMILES string of the molecule is CC1CN(S(=O)(=O)c2c(N)nc3sccn23)CCO1. The second-order valence-electron chi connectivity index (χ2n) is 4.40. The average Bonchev–Trinajstić information content (AvgIpc) is 2.88. The summed E-state index contributed by atoms with van der Waals surface area (Å²) in [4.78, 5) is 4.66. The summed E-state index contributed by atoms with van der Waals surface area (Å²) in [7, 11) is -3.64. The number of ether oxygens (including phenoxy) is 1. The molecule has 9 heteroatoms. The van der Waals surface area contributed by atoms with E-state index in [1.807, 2.05) is 6.92 Å². The number of sulfonamides is 1. The van der Waals surface area contributed by atoms with Crippen LogP contribution in [0.25, 0.3) is 4.96 Å². The maximum absolute atomic E-state index is 12.7. The Balaban J connectivity index is 2.08. The summed E-state index contributed by atoms with van der Waals surface area (Å²) in [6.45, 7) is 2.91. The van der Waals surface area contributed by atoms with Crippen LogP contribution >= 0.6 is 11.3 Å². The number of nitrogen functional groups attached to an aromatic ring is 1. The maximum atomic E-state index is 12.7. The lowest BCUT2D eigenvalue weighted by Gasteiger charge is -2.29. The zero-order chi connectivity index (χ0) is 13.6. The summed E-state index contributed by atoms with van der Waals surface area (Å²) < 4.78 is 33.6. The van der Waals surface area contributed by atoms with Gasteiger partial charge in [-0.3, -0.25) is 4.40 Å². The van der Waals surface area contributed by atoms with Crippen LogP contribution in [-0.2, 0) is 14.8 Å². The monoisotopic (exact) mass is 302 g/mol. The number of fused-ring (bicyclic) bond motifs is 1. The van der Waals surface area contributed by atoms with Crippen LogP contribution in [0.2, 0.25) is 0 Å². The molecule has 0 radical (unpaired) electrons. The van der Waals surface area contributed by atoms with Crippen LogP contribution in [-0.4, -0.2) is 47.9 Å². The largest absolute Gasteiger partial charge is 0.381 e. The number of nitrogens with zero attached hydrogens (tertiary/aromatic N) is 3. The summed E-state index contributed by atoms with van der Waals surface area (Å²) in [6.07, 6.45) is 1.55. The van der Waals surface area contributed by atoms with Crippen molar-refractivity contribution in [2.24, 2.45) is 0 Å². The zero-order valence-corrected chi connectivity index (χ0v) is 11.9. The third kappa shape index (κ3) is 2.02. The molecule has 0 aromatic carbocycles. The Bertz CT molecular complexity index is 705. The molecule has 1 unspecified atom stereocenters. The van der Waals surface area contributed by atoms with Crippen LogP contribution in [0.5, 0.6) is 0 Å². The van der Waals surface area contributed by atoms with E-state index in [0.717, 1.165) is 0 Å². The van der Waals surface area contributed by atoms with Gasteiger partial charge >= 0.3 is 0 Å². The first-order chi connectivity index (χ1) is 9.00. The van der Waals surface area contributed by atoms with Crippen LogP contribution < -0.4 is 5.73 Å². The molecule has 3 rings (SSSR count). The standard InChI is InChI=1S/C10H14N4O3S2/c1-7-6-13(2-4-17-7)19(15,16)9-8(11)12-10-14(9)3-5-18-10/h3,5,7H,2,4,6,11H2,1H3. The number of morpholine rings is 1. The number of anilines is 1. The molecule has 0 saturated carbocycles. The third-order valence-corrected chi connectivity index (χ3v) is 5.69. The molecule has 19 heavy (non-hydrogen) atoms. The number of imidazole rings is 1. The van der Waals surface area contributed by atoms with E-state index in [-0.39, 0.29) is 16.9 Å². The molecule has 0 amide bonds. The van der Waals surface area contributed by atoms with Gasteiger partial charge in [-0.1, -0.05) is 0 Å². The van der Waals surface area contributed by atoms with Crippen molar-refractivity contribution in [3.8, 4) is 0 Å². The molecule has 1 saturated heterocycles. The van der Waals surface area contributed by atoms with E-state index in [1.54, 1.807) is 11.6 Å². The summed E-state index contributed by atoms with van der Waals surface area (Å²) in [6, 6.07) is 0. The first-order valence-electron chi connectivity index (χ1n) is 5.83. The van der Waals surface area contributed by atoms with Crippen molar-refractivity contribution in [3.05, 3.63) is 11.6 Å². The van der Waals surface area contributed by atoms with Gasteiger partial charge in [0.25, 0.3) is 10.0 Å². The van der Waals surface area contributed by atoms with Crippen molar-refractivity contribution in [3.63, 3.8) is 0 Å². The molecule has 0 bridgehead atoms. The van der Waals surface area contributed by atoms with Gasteiger partial charge in [-0.25, -0.2) is 13.4 Å². The van der Waals surface area contributed by atoms with E-state index < -0.39 is 10.0 Å². The second-order valence-corrected chi connectivity index (χ2v) is 7.13. The number of rotatable bonds is 2. The Kier molecular flexibility index (Phi) is 3.01. The molecule has 7 nitrogen and oxygen atoms in total. The summed E-state index contributed by atoms with van der Waals surface area (Å²) in [5.41, 5.74) is 5.76. The first-order valence-corrected chi connectivity index (χ1v) is 8.15. The Morgan fingerprint density at radius 1 is 1.58 bits per heavy atom. The van der Waals surface area contributed by atoms with Crippen molar-refractivity contribution < 1.29 is 13.2 Å². The number of nitrogens with two attached hydrogens (primary N) is 1. The van der Waals surface area contributed by atoms with Crippen molar-refractivity contribution in [2.75, 3.05) is 25.4 Å². The van der Waals surface area contributed by atoms with Crippen LogP contribution in [0.3, 0.4) is 0 Å². The fourth-order valence-electron chi connectivity index (χ4n) is 2.17. The van der Waals surface area contributed by atoms with Gasteiger partial charge in [-0.05, 0) is 6.92 Å². The van der Waals surface area contributed by atoms with Crippen molar-refractivity contribution in [2.45, 2.75) is 18.1 Å². The molecule has 1 fully saturated rings. The van der Waals surface area contributed by atoms with Gasteiger partial charge in [-0.15, -0.1) is 11.3 Å². The fraction of sp³-hybridized carbons (Fsp3) is 0.500. The molecule has 2 aromatic heterocycles. The normalized spacial score (nSPS) is 22.1. The van der Waals surface area contributed by atoms with Crippen LogP contribution in [0.15, 0.2) is 16.6 Å². The van der Waals surface area contributed by atoms with Gasteiger partial charge in [0, 0.05) is 24.7 Å². The zero-order valence-electron chi connectivity index (χ0n) is 10.3. The van der Waals surface area contributed by atoms with Gasteiger partial charge < -0.3 is 10.5 Å².